The lowest BCUT2D eigenvalue weighted by atomic mass is 10.3. The van der Waals surface area contributed by atoms with Gasteiger partial charge in [0.25, 0.3) is 0 Å². The van der Waals surface area contributed by atoms with E-state index in [2.05, 4.69) is 54.3 Å². The second-order valence-electron chi connectivity index (χ2n) is 3.34. The van der Waals surface area contributed by atoms with Gasteiger partial charge in [-0.1, -0.05) is 6.92 Å². The van der Waals surface area contributed by atoms with Crippen LogP contribution >= 0.6 is 43.2 Å². The summed E-state index contributed by atoms with van der Waals surface area (Å²) < 4.78 is 7.63. The van der Waals surface area contributed by atoms with E-state index in [-0.39, 0.29) is 0 Å². The van der Waals surface area contributed by atoms with Gasteiger partial charge in [-0.15, -0.1) is 21.5 Å². The second kappa shape index (κ2) is 6.08. The average Bonchev–Trinajstić information content (AvgIpc) is 2.86. The van der Waals surface area contributed by atoms with Crippen molar-refractivity contribution in [1.82, 2.24) is 15.5 Å². The molecule has 0 amide bonds. The Morgan fingerprint density at radius 3 is 2.88 bits per heavy atom. The molecule has 17 heavy (non-hydrogen) atoms. The lowest BCUT2D eigenvalue weighted by Crippen LogP contribution is -2.16. The zero-order valence-electron chi connectivity index (χ0n) is 9.17. The summed E-state index contributed by atoms with van der Waals surface area (Å²) in [5.74, 6) is 1.22. The van der Waals surface area contributed by atoms with Crippen LogP contribution in [0.5, 0.6) is 0 Å². The van der Waals surface area contributed by atoms with E-state index in [0.29, 0.717) is 11.8 Å². The Bertz CT molecular complexity index is 497. The molecular weight excluding hydrogens is 370 g/mol. The smallest absolute Gasteiger partial charge is 0.249 e. The third kappa shape index (κ3) is 3.37. The van der Waals surface area contributed by atoms with Crippen molar-refractivity contribution in [3.63, 3.8) is 0 Å². The summed E-state index contributed by atoms with van der Waals surface area (Å²) in [7, 11) is 0. The Kier molecular flexibility index (Phi) is 4.72. The van der Waals surface area contributed by atoms with Crippen LogP contribution in [0.1, 0.15) is 12.8 Å². The van der Waals surface area contributed by atoms with Crippen LogP contribution in [0.3, 0.4) is 0 Å². The zero-order chi connectivity index (χ0) is 12.3. The molecule has 2 rings (SSSR count). The molecule has 0 aromatic carbocycles. The molecule has 0 radical (unpaired) electrons. The van der Waals surface area contributed by atoms with E-state index in [1.807, 2.05) is 6.07 Å². The number of hydrogen-bond acceptors (Lipinski definition) is 5. The van der Waals surface area contributed by atoms with Gasteiger partial charge in [-0.2, -0.15) is 0 Å². The molecule has 0 spiro atoms. The largest absolute Gasteiger partial charge is 0.421 e. The first-order valence-electron chi connectivity index (χ1n) is 5.19. The minimum Gasteiger partial charge on any atom is -0.421 e. The molecule has 4 nitrogen and oxygen atoms in total. The molecule has 2 aromatic heterocycles. The van der Waals surface area contributed by atoms with Crippen molar-refractivity contribution in [2.75, 3.05) is 13.1 Å². The lowest BCUT2D eigenvalue weighted by Gasteiger charge is -1.95. The summed E-state index contributed by atoms with van der Waals surface area (Å²) in [4.78, 5) is 0. The molecule has 0 bridgehead atoms. The predicted octanol–water partition coefficient (Wildman–Crippen LogP) is 3.48. The first kappa shape index (κ1) is 13.2. The van der Waals surface area contributed by atoms with E-state index in [1.54, 1.807) is 11.3 Å². The topological polar surface area (TPSA) is 51.0 Å². The van der Waals surface area contributed by atoms with E-state index in [1.165, 1.54) is 0 Å². The molecule has 0 aliphatic heterocycles. The summed E-state index contributed by atoms with van der Waals surface area (Å²) in [6, 6.07) is 1.97. The summed E-state index contributed by atoms with van der Waals surface area (Å²) >= 11 is 8.49. The van der Waals surface area contributed by atoms with Gasteiger partial charge in [0.2, 0.25) is 11.8 Å². The summed E-state index contributed by atoms with van der Waals surface area (Å²) in [5.41, 5.74) is 0.934. The van der Waals surface area contributed by atoms with Crippen molar-refractivity contribution in [2.24, 2.45) is 0 Å². The maximum atomic E-state index is 5.60. The van der Waals surface area contributed by atoms with Crippen molar-refractivity contribution in [3.05, 3.63) is 19.5 Å². The van der Waals surface area contributed by atoms with Crippen LogP contribution < -0.4 is 5.32 Å². The van der Waals surface area contributed by atoms with Crippen molar-refractivity contribution in [1.29, 1.82) is 0 Å². The number of halogens is 2. The third-order valence-corrected chi connectivity index (χ3v) is 4.46. The van der Waals surface area contributed by atoms with Crippen LogP contribution in [0.4, 0.5) is 0 Å². The van der Waals surface area contributed by atoms with Gasteiger partial charge in [-0.05, 0) is 44.5 Å². The zero-order valence-corrected chi connectivity index (χ0v) is 13.2. The van der Waals surface area contributed by atoms with E-state index < -0.39 is 0 Å². The molecule has 1 N–H and O–H groups in total. The normalized spacial score (nSPS) is 11.0. The minimum absolute atomic E-state index is 0.560. The maximum Gasteiger partial charge on any atom is 0.249 e. The molecule has 0 unspecified atom stereocenters. The number of likely N-dealkylation sites (N-methyl/N-ethyl adjacent to an activating group) is 1. The van der Waals surface area contributed by atoms with Gasteiger partial charge in [0.05, 0.1) is 13.1 Å². The highest BCUT2D eigenvalue weighted by molar-refractivity contribution is 9.12. The molecular formula is C10H11Br2N3OS. The molecule has 2 aromatic rings. The van der Waals surface area contributed by atoms with Crippen LogP contribution in [0.2, 0.25) is 0 Å². The molecule has 0 saturated carbocycles. The van der Waals surface area contributed by atoms with Gasteiger partial charge >= 0.3 is 0 Å². The van der Waals surface area contributed by atoms with E-state index in [0.717, 1.165) is 32.6 Å². The van der Waals surface area contributed by atoms with Crippen molar-refractivity contribution >= 4 is 43.2 Å². The standard InChI is InChI=1S/C10H11Br2N3OS/c1-2-13-4-3-8-14-15-10(16-8)6-5-7(11)17-9(6)12/h5,13H,2-4H2,1H3. The van der Waals surface area contributed by atoms with E-state index in [9.17, 15) is 0 Å². The highest BCUT2D eigenvalue weighted by Gasteiger charge is 2.14. The summed E-state index contributed by atoms with van der Waals surface area (Å²) in [5, 5.41) is 11.3. The molecule has 0 aliphatic carbocycles. The Balaban J connectivity index is 2.10. The highest BCUT2D eigenvalue weighted by Crippen LogP contribution is 2.37. The first-order chi connectivity index (χ1) is 8.20. The Labute approximate surface area is 120 Å². The Hall–Kier alpha value is -0.240. The van der Waals surface area contributed by atoms with Crippen molar-refractivity contribution in [3.8, 4) is 11.5 Å². The van der Waals surface area contributed by atoms with Crippen molar-refractivity contribution < 1.29 is 4.42 Å². The molecule has 2 heterocycles. The Morgan fingerprint density at radius 1 is 1.41 bits per heavy atom. The number of rotatable bonds is 5. The molecule has 92 valence electrons. The minimum atomic E-state index is 0.560. The predicted molar refractivity (Wildman–Crippen MR) is 75.3 cm³/mol. The number of nitrogens with zero attached hydrogens (tertiary/aromatic N) is 2. The van der Waals surface area contributed by atoms with Crippen LogP contribution in [0, 0.1) is 0 Å². The number of thiophene rings is 1. The van der Waals surface area contributed by atoms with Crippen LogP contribution in [-0.4, -0.2) is 23.3 Å². The van der Waals surface area contributed by atoms with Gasteiger partial charge in [0.15, 0.2) is 0 Å². The van der Waals surface area contributed by atoms with Gasteiger partial charge in [-0.3, -0.25) is 0 Å². The van der Waals surface area contributed by atoms with E-state index in [4.69, 9.17) is 4.42 Å². The molecule has 0 saturated heterocycles. The summed E-state index contributed by atoms with van der Waals surface area (Å²) in [6.45, 7) is 3.87. The monoisotopic (exact) mass is 379 g/mol. The van der Waals surface area contributed by atoms with E-state index >= 15 is 0 Å². The number of nitrogens with one attached hydrogen (secondary N) is 1. The fourth-order valence-electron chi connectivity index (χ4n) is 1.32. The second-order valence-corrected chi connectivity index (χ2v) is 7.09. The quantitative estimate of drug-likeness (QED) is 0.806. The molecule has 0 atom stereocenters. The maximum absolute atomic E-state index is 5.60. The number of aromatic nitrogens is 2. The average molecular weight is 381 g/mol. The SMILES string of the molecule is CCNCCc1nnc(-c2cc(Br)sc2Br)o1. The highest BCUT2D eigenvalue weighted by atomic mass is 79.9. The van der Waals surface area contributed by atoms with Crippen LogP contribution in [0.15, 0.2) is 18.1 Å². The first-order valence-corrected chi connectivity index (χ1v) is 7.59. The summed E-state index contributed by atoms with van der Waals surface area (Å²) in [6.07, 6.45) is 0.754. The van der Waals surface area contributed by atoms with Crippen LogP contribution in [-0.2, 0) is 6.42 Å². The van der Waals surface area contributed by atoms with Gasteiger partial charge in [-0.25, -0.2) is 0 Å². The van der Waals surface area contributed by atoms with Gasteiger partial charge in [0, 0.05) is 13.0 Å². The van der Waals surface area contributed by atoms with Crippen molar-refractivity contribution in [2.45, 2.75) is 13.3 Å². The third-order valence-electron chi connectivity index (χ3n) is 2.12. The van der Waals surface area contributed by atoms with Gasteiger partial charge in [0.1, 0.15) is 0 Å². The van der Waals surface area contributed by atoms with Crippen LogP contribution in [0.25, 0.3) is 11.5 Å². The molecule has 7 heteroatoms. The number of hydrogen-bond donors (Lipinski definition) is 1. The molecule has 0 fully saturated rings. The Morgan fingerprint density at radius 2 is 2.24 bits per heavy atom. The lowest BCUT2D eigenvalue weighted by molar-refractivity contribution is 0.496. The fourth-order valence-corrected chi connectivity index (χ4v) is 4.10. The van der Waals surface area contributed by atoms with Gasteiger partial charge < -0.3 is 9.73 Å². The fraction of sp³-hybridized carbons (Fsp3) is 0.400. The molecule has 0 aliphatic rings.